The first-order valence-corrected chi connectivity index (χ1v) is 16.0. The molecule has 20 nitrogen and oxygen atoms in total. The molecule has 0 saturated carbocycles. The Morgan fingerprint density at radius 3 is 2.06 bits per heavy atom. The molecule has 11 atom stereocenters. The Kier molecular flexibility index (Phi) is 11.8. The van der Waals surface area contributed by atoms with Gasteiger partial charge in [-0.2, -0.15) is 0 Å². The van der Waals surface area contributed by atoms with Crippen molar-refractivity contribution in [2.24, 2.45) is 0 Å². The Labute approximate surface area is 297 Å². The molecule has 11 N–H and O–H groups in total. The second-order valence-electron chi connectivity index (χ2n) is 12.8. The van der Waals surface area contributed by atoms with Gasteiger partial charge in [0.25, 0.3) is 0 Å². The topological polar surface area (TPSA) is 333 Å². The fourth-order valence-electron chi connectivity index (χ4n) is 5.72. The van der Waals surface area contributed by atoms with Gasteiger partial charge in [0.2, 0.25) is 12.6 Å². The van der Waals surface area contributed by atoms with Crippen LogP contribution in [0.1, 0.15) is 19.8 Å². The van der Waals surface area contributed by atoms with Gasteiger partial charge >= 0.3 is 11.9 Å². The van der Waals surface area contributed by atoms with Gasteiger partial charge in [-0.3, -0.25) is 14.4 Å². The second kappa shape index (κ2) is 15.8. The van der Waals surface area contributed by atoms with Crippen LogP contribution in [0.25, 0.3) is 22.3 Å². The van der Waals surface area contributed by atoms with E-state index in [1.807, 2.05) is 0 Å². The van der Waals surface area contributed by atoms with E-state index in [2.05, 4.69) is 0 Å². The number of carbonyl (C=O) groups excluding carboxylic acids is 1. The van der Waals surface area contributed by atoms with Crippen LogP contribution in [-0.2, 0) is 23.8 Å². The molecule has 2 aliphatic heterocycles. The van der Waals surface area contributed by atoms with Crippen LogP contribution in [0.5, 0.6) is 23.0 Å². The molecular formula is C33H38O20. The van der Waals surface area contributed by atoms with Crippen molar-refractivity contribution in [2.75, 3.05) is 13.2 Å². The summed E-state index contributed by atoms with van der Waals surface area (Å²) in [4.78, 5) is 36.2. The molecule has 0 radical (unpaired) electrons. The molecule has 5 rings (SSSR count). The molecule has 0 bridgehead atoms. The van der Waals surface area contributed by atoms with E-state index in [0.717, 1.165) is 37.3 Å². The summed E-state index contributed by atoms with van der Waals surface area (Å²) in [6.45, 7) is -0.348. The highest BCUT2D eigenvalue weighted by Gasteiger charge is 2.47. The molecule has 3 heterocycles. The number of hydrogen-bond donors (Lipinski definition) is 11. The molecule has 2 fully saturated rings. The lowest BCUT2D eigenvalue weighted by Crippen LogP contribution is -2.60. The van der Waals surface area contributed by atoms with Gasteiger partial charge in [0.15, 0.2) is 16.9 Å². The van der Waals surface area contributed by atoms with Crippen LogP contribution in [0.2, 0.25) is 0 Å². The largest absolute Gasteiger partial charge is 0.507 e. The molecule has 0 aliphatic carbocycles. The average molecular weight is 755 g/mol. The van der Waals surface area contributed by atoms with Crippen molar-refractivity contribution < 1.29 is 93.9 Å². The first-order valence-electron chi connectivity index (χ1n) is 16.0. The second-order valence-corrected chi connectivity index (χ2v) is 12.8. The lowest BCUT2D eigenvalue weighted by molar-refractivity contribution is -0.278. The fourth-order valence-corrected chi connectivity index (χ4v) is 5.72. The molecule has 2 aliphatic rings. The van der Waals surface area contributed by atoms with Crippen molar-refractivity contribution in [2.45, 2.75) is 86.8 Å². The van der Waals surface area contributed by atoms with Crippen molar-refractivity contribution >= 4 is 22.9 Å². The molecule has 2 aromatic carbocycles. The number of ether oxygens (including phenoxy) is 5. The van der Waals surface area contributed by atoms with Crippen LogP contribution in [-0.4, -0.2) is 148 Å². The normalized spacial score (nSPS) is 30.0. The fraction of sp³-hybridized carbons (Fsp3) is 0.485. The number of phenolic OH excluding ortho intramolecular Hbond substituents is 2. The molecule has 290 valence electrons. The number of aliphatic hydroxyl groups excluding tert-OH is 7. The number of rotatable bonds is 12. The Morgan fingerprint density at radius 2 is 1.42 bits per heavy atom. The summed E-state index contributed by atoms with van der Waals surface area (Å²) in [6.07, 6.45) is -18.6. The van der Waals surface area contributed by atoms with Crippen molar-refractivity contribution in [1.82, 2.24) is 0 Å². The third kappa shape index (κ3) is 8.79. The van der Waals surface area contributed by atoms with Gasteiger partial charge in [0.1, 0.15) is 83.7 Å². The molecule has 0 amide bonds. The van der Waals surface area contributed by atoms with Gasteiger partial charge in [-0.1, -0.05) is 0 Å². The molecule has 53 heavy (non-hydrogen) atoms. The number of aromatic hydroxyl groups is 2. The molecular weight excluding hydrogens is 716 g/mol. The van der Waals surface area contributed by atoms with Gasteiger partial charge in [-0.15, -0.1) is 0 Å². The van der Waals surface area contributed by atoms with E-state index in [9.17, 15) is 65.4 Å². The van der Waals surface area contributed by atoms with Crippen LogP contribution in [0, 0.1) is 0 Å². The SMILES string of the molecule is CC(O)(CC(=O)O)CC(=O)OCC1OC(Oc2cc(-c3cc(=O)c4c(O)cc(OC5OC(CO)C(O)C(O)C5O)cc4o3)ccc2O)C(O)C(O)C1O. The van der Waals surface area contributed by atoms with Crippen LogP contribution in [0.15, 0.2) is 45.6 Å². The molecule has 3 aromatic rings. The predicted octanol–water partition coefficient (Wildman–Crippen LogP) is -2.60. The van der Waals surface area contributed by atoms with Crippen LogP contribution in [0.3, 0.4) is 0 Å². The van der Waals surface area contributed by atoms with Gasteiger partial charge in [0.05, 0.1) is 25.0 Å². The zero-order chi connectivity index (χ0) is 38.9. The number of carboxylic acid groups (broad SMARTS) is 1. The summed E-state index contributed by atoms with van der Waals surface area (Å²) in [5, 5.41) is 111. The highest BCUT2D eigenvalue weighted by Crippen LogP contribution is 2.37. The number of carboxylic acids is 1. The lowest BCUT2D eigenvalue weighted by atomic mass is 9.98. The van der Waals surface area contributed by atoms with Crippen molar-refractivity contribution in [3.8, 4) is 34.3 Å². The summed E-state index contributed by atoms with van der Waals surface area (Å²) >= 11 is 0. The van der Waals surface area contributed by atoms with E-state index in [4.69, 9.17) is 33.2 Å². The van der Waals surface area contributed by atoms with Crippen molar-refractivity contribution in [3.63, 3.8) is 0 Å². The molecule has 0 spiro atoms. The number of esters is 1. The molecule has 2 saturated heterocycles. The van der Waals surface area contributed by atoms with E-state index in [1.54, 1.807) is 0 Å². The van der Waals surface area contributed by atoms with Gasteiger partial charge in [-0.25, -0.2) is 0 Å². The smallest absolute Gasteiger partial charge is 0.308 e. The maximum Gasteiger partial charge on any atom is 0.308 e. The maximum atomic E-state index is 13.1. The Bertz CT molecular complexity index is 1860. The summed E-state index contributed by atoms with van der Waals surface area (Å²) in [6, 6.07) is 6.73. The molecule has 20 heteroatoms. The van der Waals surface area contributed by atoms with E-state index in [1.165, 1.54) is 6.07 Å². The number of phenols is 2. The Balaban J connectivity index is 1.35. The van der Waals surface area contributed by atoms with Crippen LogP contribution >= 0.6 is 0 Å². The van der Waals surface area contributed by atoms with E-state index in [-0.39, 0.29) is 33.8 Å². The van der Waals surface area contributed by atoms with E-state index in [0.29, 0.717) is 0 Å². The highest BCUT2D eigenvalue weighted by atomic mass is 16.7. The zero-order valence-electron chi connectivity index (χ0n) is 27.7. The quantitative estimate of drug-likeness (QED) is 0.0844. The standard InChI is InChI=1S/C33H38O20/c1-33(47,8-22(38)39)9-23(40)48-11-21-26(42)28(44)30(46)32(53-21)51-18-4-12(2-3-14(18)35)17-7-16(37)24-15(36)5-13(6-19(24)50-17)49-31-29(45)27(43)25(41)20(10-34)52-31/h2-7,20-21,25-32,34-36,41-47H,8-11H2,1H3,(H,38,39). The van der Waals surface area contributed by atoms with Gasteiger partial charge in [-0.05, 0) is 25.1 Å². The summed E-state index contributed by atoms with van der Waals surface area (Å²) < 4.78 is 32.8. The summed E-state index contributed by atoms with van der Waals surface area (Å²) in [5.74, 6) is -4.31. The van der Waals surface area contributed by atoms with Crippen LogP contribution in [0.4, 0.5) is 0 Å². The first-order chi connectivity index (χ1) is 24.9. The number of hydrogen-bond acceptors (Lipinski definition) is 19. The average Bonchev–Trinajstić information content (AvgIpc) is 3.07. The first kappa shape index (κ1) is 39.6. The van der Waals surface area contributed by atoms with Crippen molar-refractivity contribution in [1.29, 1.82) is 0 Å². The van der Waals surface area contributed by atoms with Gasteiger partial charge in [0, 0.05) is 23.8 Å². The number of aliphatic hydroxyl groups is 8. The predicted molar refractivity (Wildman–Crippen MR) is 171 cm³/mol. The number of carbonyl (C=O) groups is 2. The summed E-state index contributed by atoms with van der Waals surface area (Å²) in [7, 11) is 0. The molecule has 11 unspecified atom stereocenters. The minimum Gasteiger partial charge on any atom is -0.507 e. The number of fused-ring (bicyclic) bond motifs is 1. The zero-order valence-corrected chi connectivity index (χ0v) is 27.7. The summed E-state index contributed by atoms with van der Waals surface area (Å²) in [5.41, 5.74) is -2.85. The Morgan fingerprint density at radius 1 is 0.792 bits per heavy atom. The van der Waals surface area contributed by atoms with E-state index < -0.39 is 122 Å². The Hall–Kier alpha value is -4.61. The molecule has 1 aromatic heterocycles. The number of benzene rings is 2. The van der Waals surface area contributed by atoms with Crippen LogP contribution < -0.4 is 14.9 Å². The lowest BCUT2D eigenvalue weighted by Gasteiger charge is -2.40. The van der Waals surface area contributed by atoms with Gasteiger partial charge < -0.3 is 84.3 Å². The van der Waals surface area contributed by atoms with E-state index >= 15 is 0 Å². The minimum absolute atomic E-state index is 0.0846. The number of aliphatic carboxylic acids is 1. The third-order valence-corrected chi connectivity index (χ3v) is 8.51. The van der Waals surface area contributed by atoms with Crippen molar-refractivity contribution in [3.05, 3.63) is 46.6 Å². The third-order valence-electron chi connectivity index (χ3n) is 8.51. The maximum absolute atomic E-state index is 13.1. The highest BCUT2D eigenvalue weighted by molar-refractivity contribution is 5.86. The monoisotopic (exact) mass is 754 g/mol. The minimum atomic E-state index is -1.95.